The van der Waals surface area contributed by atoms with Gasteiger partial charge in [-0.05, 0) is 47.0 Å². The number of amides is 1. The second-order valence-electron chi connectivity index (χ2n) is 8.92. The second-order valence-corrected chi connectivity index (χ2v) is 8.92. The average molecular weight is 438 g/mol. The fourth-order valence-electron chi connectivity index (χ4n) is 3.20. The Bertz CT molecular complexity index is 721. The molecule has 0 bridgehead atoms. The van der Waals surface area contributed by atoms with Crippen molar-refractivity contribution in [2.75, 3.05) is 19.7 Å². The first-order valence-corrected chi connectivity index (χ1v) is 11.2. The van der Waals surface area contributed by atoms with Gasteiger partial charge in [-0.25, -0.2) is 9.79 Å². The molecular formula is C21H39N7O3. The lowest BCUT2D eigenvalue weighted by Gasteiger charge is -2.24. The number of guanidine groups is 1. The maximum atomic E-state index is 12.2. The molecule has 0 saturated carbocycles. The molecule has 1 saturated heterocycles. The minimum Gasteiger partial charge on any atom is -0.444 e. The van der Waals surface area contributed by atoms with Gasteiger partial charge in [-0.1, -0.05) is 13.3 Å². The van der Waals surface area contributed by atoms with Crippen LogP contribution >= 0.6 is 0 Å². The minimum atomic E-state index is -0.530. The lowest BCUT2D eigenvalue weighted by atomic mass is 10.1. The van der Waals surface area contributed by atoms with Gasteiger partial charge in [0.2, 0.25) is 0 Å². The number of carbonyl (C=O) groups excluding carboxylic acids is 1. The molecular weight excluding hydrogens is 398 g/mol. The lowest BCUT2D eigenvalue weighted by molar-refractivity contribution is 0.0502. The number of hydrogen-bond acceptors (Lipinski definition) is 6. The van der Waals surface area contributed by atoms with Crippen LogP contribution in [0.5, 0.6) is 0 Å². The lowest BCUT2D eigenvalue weighted by Crippen LogP contribution is -2.49. The molecule has 31 heavy (non-hydrogen) atoms. The van der Waals surface area contributed by atoms with Gasteiger partial charge in [0, 0.05) is 32.8 Å². The van der Waals surface area contributed by atoms with Crippen molar-refractivity contribution < 1.29 is 14.3 Å². The molecule has 2 heterocycles. The fraction of sp³-hybridized carbons (Fsp3) is 0.810. The number of aliphatic imine (C=N–C) groups is 1. The van der Waals surface area contributed by atoms with Crippen LogP contribution in [0.1, 0.15) is 65.0 Å². The minimum absolute atomic E-state index is 0.0772. The third kappa shape index (κ3) is 9.12. The van der Waals surface area contributed by atoms with E-state index in [1.54, 1.807) is 0 Å². The highest BCUT2D eigenvalue weighted by Crippen LogP contribution is 2.10. The van der Waals surface area contributed by atoms with Gasteiger partial charge >= 0.3 is 6.09 Å². The second kappa shape index (κ2) is 11.9. The molecule has 0 radical (unpaired) electrons. The summed E-state index contributed by atoms with van der Waals surface area (Å²) in [4.78, 5) is 16.9. The van der Waals surface area contributed by atoms with Crippen molar-refractivity contribution in [1.29, 1.82) is 0 Å². The van der Waals surface area contributed by atoms with Crippen LogP contribution in [-0.2, 0) is 23.1 Å². The van der Waals surface area contributed by atoms with Crippen LogP contribution in [0, 0.1) is 6.92 Å². The van der Waals surface area contributed by atoms with Gasteiger partial charge in [-0.15, -0.1) is 10.2 Å². The molecule has 10 nitrogen and oxygen atoms in total. The van der Waals surface area contributed by atoms with Crippen LogP contribution in [-0.4, -0.2) is 64.3 Å². The molecule has 0 aliphatic carbocycles. The van der Waals surface area contributed by atoms with Crippen LogP contribution in [0.3, 0.4) is 0 Å². The molecule has 10 heteroatoms. The third-order valence-corrected chi connectivity index (χ3v) is 4.96. The van der Waals surface area contributed by atoms with Gasteiger partial charge in [0.25, 0.3) is 0 Å². The van der Waals surface area contributed by atoms with E-state index >= 15 is 0 Å². The molecule has 1 amide bonds. The summed E-state index contributed by atoms with van der Waals surface area (Å²) < 4.78 is 13.0. The van der Waals surface area contributed by atoms with Crippen molar-refractivity contribution in [1.82, 2.24) is 30.7 Å². The molecule has 1 fully saturated rings. The zero-order valence-electron chi connectivity index (χ0n) is 19.8. The number of hydrogen-bond donors (Lipinski definition) is 3. The Balaban J connectivity index is 1.98. The first kappa shape index (κ1) is 24.9. The Morgan fingerprint density at radius 3 is 2.71 bits per heavy atom. The van der Waals surface area contributed by atoms with Gasteiger partial charge in [-0.3, -0.25) is 0 Å². The highest BCUT2D eigenvalue weighted by atomic mass is 16.6. The Labute approximate surface area is 185 Å². The van der Waals surface area contributed by atoms with E-state index in [1.165, 1.54) is 0 Å². The molecule has 2 atom stereocenters. The number of aryl methyl sites for hydroxylation is 1. The average Bonchev–Trinajstić information content (AvgIpc) is 3.31. The van der Waals surface area contributed by atoms with E-state index in [1.807, 2.05) is 39.3 Å². The molecule has 0 aromatic carbocycles. The van der Waals surface area contributed by atoms with Crippen molar-refractivity contribution >= 4 is 12.1 Å². The van der Waals surface area contributed by atoms with Crippen molar-refractivity contribution in [2.24, 2.45) is 12.0 Å². The van der Waals surface area contributed by atoms with Crippen LogP contribution in [0.15, 0.2) is 4.99 Å². The summed E-state index contributed by atoms with van der Waals surface area (Å²) in [5, 5.41) is 17.9. The molecule has 2 rings (SSSR count). The summed E-state index contributed by atoms with van der Waals surface area (Å²) in [7, 11) is 1.93. The first-order chi connectivity index (χ1) is 14.7. The Kier molecular flexibility index (Phi) is 9.54. The summed E-state index contributed by atoms with van der Waals surface area (Å²) in [5.74, 6) is 2.28. The highest BCUT2D eigenvalue weighted by molar-refractivity contribution is 5.80. The maximum Gasteiger partial charge on any atom is 0.407 e. The molecule has 3 N–H and O–H groups in total. The quantitative estimate of drug-likeness (QED) is 0.400. The topological polar surface area (TPSA) is 115 Å². The van der Waals surface area contributed by atoms with Crippen LogP contribution in [0.25, 0.3) is 0 Å². The largest absolute Gasteiger partial charge is 0.444 e. The number of nitrogens with one attached hydrogen (secondary N) is 3. The van der Waals surface area contributed by atoms with E-state index in [0.717, 1.165) is 43.9 Å². The van der Waals surface area contributed by atoms with Crippen molar-refractivity contribution in [3.8, 4) is 0 Å². The van der Waals surface area contributed by atoms with E-state index in [0.29, 0.717) is 25.6 Å². The number of nitrogens with zero attached hydrogens (tertiary/aromatic N) is 4. The highest BCUT2D eigenvalue weighted by Gasteiger charge is 2.20. The van der Waals surface area contributed by atoms with E-state index in [9.17, 15) is 4.79 Å². The maximum absolute atomic E-state index is 12.2. The zero-order chi connectivity index (χ0) is 22.9. The number of aromatic nitrogens is 3. The summed E-state index contributed by atoms with van der Waals surface area (Å²) >= 11 is 0. The van der Waals surface area contributed by atoms with E-state index in [2.05, 4.69) is 38.1 Å². The molecule has 1 aliphatic heterocycles. The van der Waals surface area contributed by atoms with E-state index < -0.39 is 11.7 Å². The number of rotatable bonds is 9. The molecule has 1 aliphatic rings. The van der Waals surface area contributed by atoms with Gasteiger partial charge in [0.1, 0.15) is 18.0 Å². The Morgan fingerprint density at radius 1 is 1.35 bits per heavy atom. The smallest absolute Gasteiger partial charge is 0.407 e. The standard InChI is InChI=1S/C21H39N7O3/c1-7-9-16(25-20(29)31-21(3,4)5)12-22-19(23-13-17-10-8-11-30-17)24-14-18-27-26-15(2)28(18)6/h16-17H,7-14H2,1-6H3,(H,25,29)(H2,22,23,24). The van der Waals surface area contributed by atoms with Crippen LogP contribution in [0.4, 0.5) is 4.79 Å². The normalized spacial score (nSPS) is 18.0. The van der Waals surface area contributed by atoms with Crippen molar-refractivity contribution in [3.63, 3.8) is 0 Å². The predicted molar refractivity (Wildman–Crippen MR) is 120 cm³/mol. The Morgan fingerprint density at radius 2 is 2.13 bits per heavy atom. The van der Waals surface area contributed by atoms with Gasteiger partial charge in [0.15, 0.2) is 11.8 Å². The number of alkyl carbamates (subject to hydrolysis) is 1. The Hall–Kier alpha value is -2.36. The van der Waals surface area contributed by atoms with E-state index in [4.69, 9.17) is 9.47 Å². The van der Waals surface area contributed by atoms with Gasteiger partial charge < -0.3 is 30.0 Å². The summed E-state index contributed by atoms with van der Waals surface area (Å²) in [5.41, 5.74) is -0.530. The van der Waals surface area contributed by atoms with Gasteiger partial charge in [0.05, 0.1) is 6.10 Å². The summed E-state index contributed by atoms with van der Waals surface area (Å²) in [6, 6.07) is -0.0772. The molecule has 176 valence electrons. The van der Waals surface area contributed by atoms with Crippen LogP contribution < -0.4 is 16.0 Å². The molecule has 1 aromatic heterocycles. The zero-order valence-corrected chi connectivity index (χ0v) is 19.8. The molecule has 0 spiro atoms. The first-order valence-electron chi connectivity index (χ1n) is 11.2. The third-order valence-electron chi connectivity index (χ3n) is 4.96. The monoisotopic (exact) mass is 437 g/mol. The molecule has 1 aromatic rings. The predicted octanol–water partition coefficient (Wildman–Crippen LogP) is 2.03. The fourth-order valence-corrected chi connectivity index (χ4v) is 3.20. The molecule has 2 unspecified atom stereocenters. The summed E-state index contributed by atoms with van der Waals surface area (Å²) in [6.07, 6.45) is 3.68. The van der Waals surface area contributed by atoms with Crippen molar-refractivity contribution in [3.05, 3.63) is 11.6 Å². The number of ether oxygens (including phenoxy) is 2. The van der Waals surface area contributed by atoms with Crippen LogP contribution in [0.2, 0.25) is 0 Å². The summed E-state index contributed by atoms with van der Waals surface area (Å²) in [6.45, 7) is 12.0. The SMILES string of the molecule is CCCC(CNC(=NCc1nnc(C)n1C)NCC1CCCO1)NC(=O)OC(C)(C)C. The number of carbonyl (C=O) groups is 1. The van der Waals surface area contributed by atoms with Gasteiger partial charge in [-0.2, -0.15) is 0 Å². The van der Waals surface area contributed by atoms with Crippen molar-refractivity contribution in [2.45, 2.75) is 84.6 Å². The van der Waals surface area contributed by atoms with E-state index in [-0.39, 0.29) is 12.1 Å².